The Bertz CT molecular complexity index is 801. The number of benzene rings is 2. The molecule has 0 bridgehead atoms. The molecule has 1 atom stereocenters. The maximum Gasteiger partial charge on any atom is 0.337 e. The summed E-state index contributed by atoms with van der Waals surface area (Å²) in [5, 5.41) is 1.91. The van der Waals surface area contributed by atoms with Crippen LogP contribution in [-0.4, -0.2) is 40.6 Å². The minimum atomic E-state index is -3.46. The van der Waals surface area contributed by atoms with E-state index in [0.29, 0.717) is 0 Å². The molecule has 0 heterocycles. The third-order valence-electron chi connectivity index (χ3n) is 5.13. The van der Waals surface area contributed by atoms with Crippen LogP contribution in [0.4, 0.5) is 0 Å². The van der Waals surface area contributed by atoms with Crippen LogP contribution in [0.15, 0.2) is 60.7 Å². The molecule has 0 fully saturated rings. The van der Waals surface area contributed by atoms with Gasteiger partial charge in [0, 0.05) is 14.2 Å². The minimum Gasteiger partial charge on any atom is -0.398 e. The van der Waals surface area contributed by atoms with Crippen molar-refractivity contribution in [2.75, 3.05) is 20.4 Å². The van der Waals surface area contributed by atoms with Gasteiger partial charge in [-0.1, -0.05) is 81.4 Å². The van der Waals surface area contributed by atoms with Crippen LogP contribution in [0.25, 0.3) is 0 Å². The second kappa shape index (κ2) is 9.50. The molecule has 0 aliphatic carbocycles. The highest BCUT2D eigenvalue weighted by molar-refractivity contribution is 7.54. The van der Waals surface area contributed by atoms with Crippen LogP contribution in [0.1, 0.15) is 27.7 Å². The molecule has 0 aliphatic rings. The first-order valence-electron chi connectivity index (χ1n) is 9.62. The molecule has 0 saturated carbocycles. The monoisotopic (exact) mass is 434 g/mol. The third kappa shape index (κ3) is 5.14. The molecule has 0 N–H and O–H groups in total. The van der Waals surface area contributed by atoms with E-state index in [1.165, 1.54) is 14.2 Å². The Labute approximate surface area is 175 Å². The van der Waals surface area contributed by atoms with E-state index in [1.807, 2.05) is 36.4 Å². The zero-order valence-corrected chi connectivity index (χ0v) is 19.9. The molecule has 0 amide bonds. The first kappa shape index (κ1) is 23.7. The molecule has 0 unspecified atom stereocenters. The van der Waals surface area contributed by atoms with Gasteiger partial charge in [0.15, 0.2) is 5.78 Å². The van der Waals surface area contributed by atoms with Gasteiger partial charge in [-0.05, 0) is 22.3 Å². The smallest absolute Gasteiger partial charge is 0.337 e. The Hall–Kier alpha value is -1.56. The number of hydrogen-bond acceptors (Lipinski definition) is 5. The number of rotatable bonds is 9. The van der Waals surface area contributed by atoms with Crippen LogP contribution in [0.2, 0.25) is 5.04 Å². The third-order valence-corrected chi connectivity index (χ3v) is 12.1. The molecule has 158 valence electrons. The van der Waals surface area contributed by atoms with Crippen molar-refractivity contribution in [1.82, 2.24) is 0 Å². The topological polar surface area (TPSA) is 61.8 Å². The van der Waals surface area contributed by atoms with Crippen molar-refractivity contribution in [2.45, 2.75) is 38.8 Å². The van der Waals surface area contributed by atoms with Crippen LogP contribution in [-0.2, 0) is 22.8 Å². The van der Waals surface area contributed by atoms with Crippen molar-refractivity contribution in [2.24, 2.45) is 0 Å². The van der Waals surface area contributed by atoms with Crippen molar-refractivity contribution < 1.29 is 22.8 Å². The molecular weight excluding hydrogens is 403 g/mol. The average Bonchev–Trinajstić information content (AvgIpc) is 2.72. The molecule has 2 rings (SSSR count). The molecule has 0 aromatic heterocycles. The number of carbonyl (C=O) groups excluding carboxylic acids is 1. The van der Waals surface area contributed by atoms with E-state index >= 15 is 0 Å². The van der Waals surface area contributed by atoms with E-state index in [1.54, 1.807) is 6.92 Å². The Morgan fingerprint density at radius 1 is 0.931 bits per heavy atom. The van der Waals surface area contributed by atoms with Gasteiger partial charge in [0.25, 0.3) is 8.32 Å². The van der Waals surface area contributed by atoms with Crippen molar-refractivity contribution in [1.29, 1.82) is 0 Å². The Morgan fingerprint density at radius 3 is 1.69 bits per heavy atom. The van der Waals surface area contributed by atoms with Gasteiger partial charge >= 0.3 is 7.60 Å². The van der Waals surface area contributed by atoms with Gasteiger partial charge in [0.05, 0.1) is 0 Å². The summed E-state index contributed by atoms with van der Waals surface area (Å²) in [6.07, 6.45) is -1.08. The lowest BCUT2D eigenvalue weighted by Gasteiger charge is -2.44. The molecule has 2 aromatic rings. The summed E-state index contributed by atoms with van der Waals surface area (Å²) in [6, 6.07) is 20.2. The largest absolute Gasteiger partial charge is 0.398 e. The zero-order valence-electron chi connectivity index (χ0n) is 18.0. The predicted molar refractivity (Wildman–Crippen MR) is 120 cm³/mol. The standard InChI is InChI=1S/C22H31O5PSi/c1-18(21(23)17-28(24,25-5)26-6)27-29(22(2,3)4,19-13-9-7-10-14-19)20-15-11-8-12-16-20/h7-16,18H,17H2,1-6H3/t18-/m1/s1. The van der Waals surface area contributed by atoms with Gasteiger partial charge in [-0.3, -0.25) is 9.36 Å². The lowest BCUT2D eigenvalue weighted by molar-refractivity contribution is -0.123. The normalized spacial score (nSPS) is 13.9. The summed E-state index contributed by atoms with van der Waals surface area (Å²) in [6.45, 7) is 8.15. The fraction of sp³-hybridized carbons (Fsp3) is 0.409. The fourth-order valence-corrected chi connectivity index (χ4v) is 9.27. The van der Waals surface area contributed by atoms with Gasteiger partial charge in [0.2, 0.25) is 0 Å². The second-order valence-electron chi connectivity index (χ2n) is 8.02. The average molecular weight is 435 g/mol. The van der Waals surface area contributed by atoms with E-state index in [9.17, 15) is 9.36 Å². The zero-order chi connectivity index (χ0) is 21.7. The van der Waals surface area contributed by atoms with Gasteiger partial charge in [-0.15, -0.1) is 0 Å². The SMILES string of the molecule is COP(=O)(CC(=O)[C@@H](C)O[Si](c1ccccc1)(c1ccccc1)C(C)(C)C)OC. The van der Waals surface area contributed by atoms with E-state index < -0.39 is 22.0 Å². The van der Waals surface area contributed by atoms with E-state index in [2.05, 4.69) is 45.0 Å². The van der Waals surface area contributed by atoms with Gasteiger partial charge < -0.3 is 13.5 Å². The van der Waals surface area contributed by atoms with Crippen molar-refractivity contribution in [3.8, 4) is 0 Å². The molecule has 0 spiro atoms. The Balaban J connectivity index is 2.54. The number of Topliss-reactive ketones (excluding diaryl/α,β-unsaturated/α-hetero) is 1. The lowest BCUT2D eigenvalue weighted by Crippen LogP contribution is -2.68. The van der Waals surface area contributed by atoms with Crippen LogP contribution in [0, 0.1) is 0 Å². The van der Waals surface area contributed by atoms with Crippen LogP contribution in [0.5, 0.6) is 0 Å². The van der Waals surface area contributed by atoms with Crippen molar-refractivity contribution >= 4 is 32.1 Å². The summed E-state index contributed by atoms with van der Waals surface area (Å²) < 4.78 is 29.1. The fourth-order valence-electron chi connectivity index (χ4n) is 3.55. The number of carbonyl (C=O) groups is 1. The van der Waals surface area contributed by atoms with Gasteiger partial charge in [0.1, 0.15) is 12.3 Å². The van der Waals surface area contributed by atoms with Gasteiger partial charge in [-0.2, -0.15) is 0 Å². The molecule has 2 aromatic carbocycles. The second-order valence-corrected chi connectivity index (χ2v) is 14.5. The Kier molecular flexibility index (Phi) is 7.77. The van der Waals surface area contributed by atoms with Crippen molar-refractivity contribution in [3.63, 3.8) is 0 Å². The number of ketones is 1. The van der Waals surface area contributed by atoms with E-state index in [0.717, 1.165) is 10.4 Å². The molecule has 0 aliphatic heterocycles. The summed E-state index contributed by atoms with van der Waals surface area (Å²) >= 11 is 0. The molecule has 7 heteroatoms. The summed E-state index contributed by atoms with van der Waals surface area (Å²) in [5.74, 6) is -0.301. The predicted octanol–water partition coefficient (Wildman–Crippen LogP) is 4.01. The summed E-state index contributed by atoms with van der Waals surface area (Å²) in [5.41, 5.74) is 0. The van der Waals surface area contributed by atoms with Crippen LogP contribution < -0.4 is 10.4 Å². The molecular formula is C22H31O5PSi. The minimum absolute atomic E-state index is 0.254. The highest BCUT2D eigenvalue weighted by Gasteiger charge is 2.51. The van der Waals surface area contributed by atoms with E-state index in [-0.39, 0.29) is 17.0 Å². The number of hydrogen-bond donors (Lipinski definition) is 0. The maximum absolute atomic E-state index is 12.9. The van der Waals surface area contributed by atoms with Crippen LogP contribution >= 0.6 is 7.60 Å². The molecule has 29 heavy (non-hydrogen) atoms. The maximum atomic E-state index is 12.9. The molecule has 5 nitrogen and oxygen atoms in total. The first-order chi connectivity index (χ1) is 13.6. The van der Waals surface area contributed by atoms with E-state index in [4.69, 9.17) is 13.5 Å². The highest BCUT2D eigenvalue weighted by atomic mass is 31.2. The first-order valence-corrected chi connectivity index (χ1v) is 13.3. The quantitative estimate of drug-likeness (QED) is 0.441. The lowest BCUT2D eigenvalue weighted by atomic mass is 10.2. The Morgan fingerprint density at radius 2 is 1.34 bits per heavy atom. The molecule has 0 radical (unpaired) electrons. The van der Waals surface area contributed by atoms with Crippen LogP contribution in [0.3, 0.4) is 0 Å². The van der Waals surface area contributed by atoms with Crippen molar-refractivity contribution in [3.05, 3.63) is 60.7 Å². The van der Waals surface area contributed by atoms with Gasteiger partial charge in [-0.25, -0.2) is 0 Å². The summed E-state index contributed by atoms with van der Waals surface area (Å²) in [4.78, 5) is 12.9. The highest BCUT2D eigenvalue weighted by Crippen LogP contribution is 2.46. The summed E-state index contributed by atoms with van der Waals surface area (Å²) in [7, 11) is -3.75. The molecule has 0 saturated heterocycles.